The lowest BCUT2D eigenvalue weighted by Crippen LogP contribution is -1.86. The van der Waals surface area contributed by atoms with E-state index in [1.54, 1.807) is 10.7 Å². The van der Waals surface area contributed by atoms with Gasteiger partial charge in [-0.05, 0) is 22.0 Å². The maximum atomic E-state index is 10.6. The zero-order valence-electron chi connectivity index (χ0n) is 6.99. The SMILES string of the molecule is Cn1cc2ccc(C=O)c(Br)c2n1. The Morgan fingerprint density at radius 2 is 2.31 bits per heavy atom. The molecule has 0 aliphatic carbocycles. The number of nitrogens with zero attached hydrogens (tertiary/aromatic N) is 2. The van der Waals surface area contributed by atoms with Gasteiger partial charge in [-0.2, -0.15) is 5.10 Å². The van der Waals surface area contributed by atoms with E-state index in [2.05, 4.69) is 21.0 Å². The van der Waals surface area contributed by atoms with Gasteiger partial charge in [-0.25, -0.2) is 0 Å². The number of hydrogen-bond donors (Lipinski definition) is 0. The fourth-order valence-electron chi connectivity index (χ4n) is 1.28. The van der Waals surface area contributed by atoms with Gasteiger partial charge >= 0.3 is 0 Å². The van der Waals surface area contributed by atoms with Crippen molar-refractivity contribution in [1.82, 2.24) is 9.78 Å². The lowest BCUT2D eigenvalue weighted by molar-refractivity contribution is 0.112. The van der Waals surface area contributed by atoms with Gasteiger partial charge in [0.05, 0.1) is 4.47 Å². The number of aryl methyl sites for hydroxylation is 1. The van der Waals surface area contributed by atoms with E-state index in [1.807, 2.05) is 19.3 Å². The summed E-state index contributed by atoms with van der Waals surface area (Å²) in [7, 11) is 1.85. The van der Waals surface area contributed by atoms with E-state index >= 15 is 0 Å². The summed E-state index contributed by atoms with van der Waals surface area (Å²) >= 11 is 3.35. The molecule has 0 N–H and O–H groups in total. The molecule has 1 aromatic heterocycles. The molecule has 0 saturated carbocycles. The third kappa shape index (κ3) is 1.27. The predicted octanol–water partition coefficient (Wildman–Crippen LogP) is 2.15. The Balaban J connectivity index is 2.85. The second kappa shape index (κ2) is 2.96. The van der Waals surface area contributed by atoms with Crippen LogP contribution in [0, 0.1) is 0 Å². The molecule has 1 aromatic carbocycles. The molecule has 0 aliphatic heterocycles. The quantitative estimate of drug-likeness (QED) is 0.714. The van der Waals surface area contributed by atoms with Crippen LogP contribution in [-0.2, 0) is 7.05 Å². The van der Waals surface area contributed by atoms with Crippen molar-refractivity contribution in [2.24, 2.45) is 7.05 Å². The number of rotatable bonds is 1. The molecule has 66 valence electrons. The van der Waals surface area contributed by atoms with Gasteiger partial charge in [0.25, 0.3) is 0 Å². The first-order valence-electron chi connectivity index (χ1n) is 3.79. The van der Waals surface area contributed by atoms with Gasteiger partial charge in [-0.3, -0.25) is 9.48 Å². The highest BCUT2D eigenvalue weighted by atomic mass is 79.9. The topological polar surface area (TPSA) is 34.9 Å². The molecule has 0 aliphatic rings. The van der Waals surface area contributed by atoms with Crippen LogP contribution in [-0.4, -0.2) is 16.1 Å². The predicted molar refractivity (Wildman–Crippen MR) is 53.8 cm³/mol. The molecule has 0 unspecified atom stereocenters. The van der Waals surface area contributed by atoms with E-state index in [0.29, 0.717) is 5.56 Å². The zero-order chi connectivity index (χ0) is 9.42. The van der Waals surface area contributed by atoms with Crippen LogP contribution in [0.5, 0.6) is 0 Å². The maximum absolute atomic E-state index is 10.6. The average molecular weight is 239 g/mol. The Bertz CT molecular complexity index is 476. The molecule has 3 nitrogen and oxygen atoms in total. The van der Waals surface area contributed by atoms with Crippen LogP contribution in [0.4, 0.5) is 0 Å². The van der Waals surface area contributed by atoms with E-state index in [9.17, 15) is 4.79 Å². The number of benzene rings is 1. The van der Waals surface area contributed by atoms with Gasteiger partial charge in [0.1, 0.15) is 5.52 Å². The van der Waals surface area contributed by atoms with Gasteiger partial charge in [0, 0.05) is 24.2 Å². The number of carbonyl (C=O) groups excluding carboxylic acids is 1. The van der Waals surface area contributed by atoms with Crippen molar-refractivity contribution >= 4 is 33.1 Å². The molecule has 0 atom stereocenters. The molecule has 4 heteroatoms. The number of fused-ring (bicyclic) bond motifs is 1. The van der Waals surface area contributed by atoms with Crippen LogP contribution in [0.25, 0.3) is 10.9 Å². The Hall–Kier alpha value is -1.16. The normalized spacial score (nSPS) is 10.6. The van der Waals surface area contributed by atoms with Gasteiger partial charge in [-0.1, -0.05) is 6.07 Å². The summed E-state index contributed by atoms with van der Waals surface area (Å²) in [6.07, 6.45) is 2.73. The number of halogens is 1. The van der Waals surface area contributed by atoms with Crippen LogP contribution in [0.2, 0.25) is 0 Å². The maximum Gasteiger partial charge on any atom is 0.151 e. The van der Waals surface area contributed by atoms with Crippen LogP contribution in [0.3, 0.4) is 0 Å². The van der Waals surface area contributed by atoms with Gasteiger partial charge in [0.15, 0.2) is 6.29 Å². The highest BCUT2D eigenvalue weighted by Crippen LogP contribution is 2.25. The summed E-state index contributed by atoms with van der Waals surface area (Å²) in [5.41, 5.74) is 1.46. The molecule has 13 heavy (non-hydrogen) atoms. The standard InChI is InChI=1S/C9H7BrN2O/c1-12-4-6-2-3-7(5-13)8(10)9(6)11-12/h2-5H,1H3. The molecule has 2 rings (SSSR count). The minimum atomic E-state index is 0.631. The average Bonchev–Trinajstić information content (AvgIpc) is 2.47. The minimum absolute atomic E-state index is 0.631. The summed E-state index contributed by atoms with van der Waals surface area (Å²) in [6.45, 7) is 0. The smallest absolute Gasteiger partial charge is 0.151 e. The van der Waals surface area contributed by atoms with E-state index in [4.69, 9.17) is 0 Å². The van der Waals surface area contributed by atoms with Crippen molar-refractivity contribution in [2.45, 2.75) is 0 Å². The van der Waals surface area contributed by atoms with Crippen LogP contribution in [0.1, 0.15) is 10.4 Å². The molecular weight excluding hydrogens is 232 g/mol. The monoisotopic (exact) mass is 238 g/mol. The Labute approximate surface area is 83.5 Å². The molecule has 1 heterocycles. The molecule has 0 saturated heterocycles. The second-order valence-corrected chi connectivity index (χ2v) is 3.62. The zero-order valence-corrected chi connectivity index (χ0v) is 8.58. The highest BCUT2D eigenvalue weighted by molar-refractivity contribution is 9.10. The third-order valence-corrected chi connectivity index (χ3v) is 2.72. The van der Waals surface area contributed by atoms with Crippen molar-refractivity contribution < 1.29 is 4.79 Å². The third-order valence-electron chi connectivity index (χ3n) is 1.89. The fraction of sp³-hybridized carbons (Fsp3) is 0.111. The summed E-state index contributed by atoms with van der Waals surface area (Å²) < 4.78 is 2.49. The fourth-order valence-corrected chi connectivity index (χ4v) is 1.81. The lowest BCUT2D eigenvalue weighted by atomic mass is 10.2. The summed E-state index contributed by atoms with van der Waals surface area (Å²) in [5, 5.41) is 5.26. The largest absolute Gasteiger partial charge is 0.298 e. The lowest BCUT2D eigenvalue weighted by Gasteiger charge is -1.95. The van der Waals surface area contributed by atoms with Crippen LogP contribution in [0.15, 0.2) is 22.8 Å². The van der Waals surface area contributed by atoms with Crippen molar-refractivity contribution in [3.8, 4) is 0 Å². The number of aldehydes is 1. The first-order valence-corrected chi connectivity index (χ1v) is 4.58. The first kappa shape index (κ1) is 8.44. The minimum Gasteiger partial charge on any atom is -0.298 e. The number of hydrogen-bond acceptors (Lipinski definition) is 2. The van der Waals surface area contributed by atoms with Crippen molar-refractivity contribution in [3.05, 3.63) is 28.4 Å². The molecule has 0 bridgehead atoms. The Morgan fingerprint density at radius 3 is 3.00 bits per heavy atom. The van der Waals surface area contributed by atoms with Crippen molar-refractivity contribution in [3.63, 3.8) is 0 Å². The highest BCUT2D eigenvalue weighted by Gasteiger charge is 2.06. The molecule has 0 spiro atoms. The second-order valence-electron chi connectivity index (χ2n) is 2.83. The van der Waals surface area contributed by atoms with Crippen molar-refractivity contribution in [1.29, 1.82) is 0 Å². The summed E-state index contributed by atoms with van der Waals surface area (Å²) in [5.74, 6) is 0. The van der Waals surface area contributed by atoms with E-state index in [0.717, 1.165) is 21.7 Å². The molecule has 0 radical (unpaired) electrons. The first-order chi connectivity index (χ1) is 6.22. The number of carbonyl (C=O) groups is 1. The van der Waals surface area contributed by atoms with Crippen LogP contribution < -0.4 is 0 Å². The van der Waals surface area contributed by atoms with Gasteiger partial charge < -0.3 is 0 Å². The summed E-state index contributed by atoms with van der Waals surface area (Å²) in [6, 6.07) is 3.66. The van der Waals surface area contributed by atoms with Gasteiger partial charge in [-0.15, -0.1) is 0 Å². The molecule has 0 fully saturated rings. The van der Waals surface area contributed by atoms with Crippen molar-refractivity contribution in [2.75, 3.05) is 0 Å². The summed E-state index contributed by atoms with van der Waals surface area (Å²) in [4.78, 5) is 10.6. The number of aromatic nitrogens is 2. The Morgan fingerprint density at radius 1 is 1.54 bits per heavy atom. The molecular formula is C9H7BrN2O. The molecule has 0 amide bonds. The van der Waals surface area contributed by atoms with E-state index in [1.165, 1.54) is 0 Å². The van der Waals surface area contributed by atoms with Crippen LogP contribution >= 0.6 is 15.9 Å². The van der Waals surface area contributed by atoms with Gasteiger partial charge in [0.2, 0.25) is 0 Å². The Kier molecular flexibility index (Phi) is 1.92. The van der Waals surface area contributed by atoms with E-state index in [-0.39, 0.29) is 0 Å². The van der Waals surface area contributed by atoms with E-state index < -0.39 is 0 Å². The molecule has 2 aromatic rings.